The first kappa shape index (κ1) is 32.8. The molecule has 2 amide bonds. The standard InChI is InChI=1S/C35H38ClN3O4S/c1-4-19-37-35(41)33(23-28-13-7-5-8-14-28)38(24-29-15-11-12-18-32(29)36)34(40)25-39(30-21-26(2)20-27(3)22-30)44(42,43)31-16-9-6-10-17-31/h5-18,20-22,33H,4,19,23-25H2,1-3H3,(H,37,41)/t33-/m0/s1. The topological polar surface area (TPSA) is 86.8 Å². The lowest BCUT2D eigenvalue weighted by atomic mass is 10.0. The van der Waals surface area contributed by atoms with E-state index in [1.54, 1.807) is 48.5 Å². The molecule has 0 aliphatic carbocycles. The van der Waals surface area contributed by atoms with Crippen molar-refractivity contribution in [3.63, 3.8) is 0 Å². The Morgan fingerprint density at radius 2 is 1.43 bits per heavy atom. The van der Waals surface area contributed by atoms with Crippen molar-refractivity contribution in [2.45, 2.75) is 51.1 Å². The molecule has 4 aromatic rings. The van der Waals surface area contributed by atoms with Crippen LogP contribution in [-0.2, 0) is 32.6 Å². The fourth-order valence-corrected chi connectivity index (χ4v) is 6.69. The molecule has 0 unspecified atom stereocenters. The number of rotatable bonds is 13. The number of benzene rings is 4. The van der Waals surface area contributed by atoms with E-state index in [4.69, 9.17) is 11.6 Å². The third-order valence-corrected chi connectivity index (χ3v) is 9.38. The summed E-state index contributed by atoms with van der Waals surface area (Å²) in [6.07, 6.45) is 0.958. The highest BCUT2D eigenvalue weighted by molar-refractivity contribution is 7.92. The van der Waals surface area contributed by atoms with Crippen LogP contribution in [-0.4, -0.2) is 44.3 Å². The third-order valence-electron chi connectivity index (χ3n) is 7.22. The molecule has 0 aliphatic heterocycles. The number of aryl methyl sites for hydroxylation is 2. The van der Waals surface area contributed by atoms with Crippen molar-refractivity contribution < 1.29 is 18.0 Å². The molecule has 9 heteroatoms. The van der Waals surface area contributed by atoms with Gasteiger partial charge >= 0.3 is 0 Å². The predicted molar refractivity (Wildman–Crippen MR) is 176 cm³/mol. The summed E-state index contributed by atoms with van der Waals surface area (Å²) in [4.78, 5) is 29.7. The van der Waals surface area contributed by atoms with Crippen LogP contribution < -0.4 is 9.62 Å². The summed E-state index contributed by atoms with van der Waals surface area (Å²) < 4.78 is 29.4. The second-order valence-corrected chi connectivity index (χ2v) is 13.0. The van der Waals surface area contributed by atoms with E-state index in [0.29, 0.717) is 22.8 Å². The molecule has 1 N–H and O–H groups in total. The van der Waals surface area contributed by atoms with Gasteiger partial charge < -0.3 is 10.2 Å². The smallest absolute Gasteiger partial charge is 0.264 e. The van der Waals surface area contributed by atoms with Crippen LogP contribution in [0.15, 0.2) is 108 Å². The third kappa shape index (κ3) is 8.27. The van der Waals surface area contributed by atoms with E-state index in [0.717, 1.165) is 27.4 Å². The minimum atomic E-state index is -4.16. The van der Waals surface area contributed by atoms with Crippen LogP contribution in [0, 0.1) is 13.8 Å². The van der Waals surface area contributed by atoms with Crippen LogP contribution in [0.25, 0.3) is 0 Å². The van der Waals surface area contributed by atoms with Gasteiger partial charge in [-0.1, -0.05) is 91.3 Å². The number of hydrogen-bond acceptors (Lipinski definition) is 4. The molecular formula is C35H38ClN3O4S. The van der Waals surface area contributed by atoms with Crippen molar-refractivity contribution >= 4 is 39.1 Å². The predicted octanol–water partition coefficient (Wildman–Crippen LogP) is 6.32. The van der Waals surface area contributed by atoms with Gasteiger partial charge in [0, 0.05) is 24.5 Å². The Kier molecular flexibility index (Phi) is 11.2. The zero-order valence-electron chi connectivity index (χ0n) is 25.2. The van der Waals surface area contributed by atoms with Crippen LogP contribution in [0.4, 0.5) is 5.69 Å². The molecular weight excluding hydrogens is 594 g/mol. The van der Waals surface area contributed by atoms with Gasteiger partial charge in [0.05, 0.1) is 10.6 Å². The molecule has 0 bridgehead atoms. The Balaban J connectivity index is 1.82. The summed E-state index contributed by atoms with van der Waals surface area (Å²) in [6, 6.07) is 29.1. The number of hydrogen-bond donors (Lipinski definition) is 1. The molecule has 0 spiro atoms. The molecule has 1 atom stereocenters. The van der Waals surface area contributed by atoms with Crippen molar-refractivity contribution in [1.82, 2.24) is 10.2 Å². The quantitative estimate of drug-likeness (QED) is 0.187. The van der Waals surface area contributed by atoms with E-state index in [1.165, 1.54) is 17.0 Å². The normalized spacial score (nSPS) is 11.9. The summed E-state index contributed by atoms with van der Waals surface area (Å²) in [6.45, 7) is 5.65. The number of anilines is 1. The van der Waals surface area contributed by atoms with E-state index in [2.05, 4.69) is 5.32 Å². The summed E-state index contributed by atoms with van der Waals surface area (Å²) in [7, 11) is -4.16. The summed E-state index contributed by atoms with van der Waals surface area (Å²) >= 11 is 6.55. The van der Waals surface area contributed by atoms with Gasteiger partial charge in [-0.3, -0.25) is 13.9 Å². The van der Waals surface area contributed by atoms with Crippen LogP contribution in [0.3, 0.4) is 0 Å². The van der Waals surface area contributed by atoms with Crippen molar-refractivity contribution in [2.75, 3.05) is 17.4 Å². The number of nitrogens with zero attached hydrogens (tertiary/aromatic N) is 2. The van der Waals surface area contributed by atoms with Gasteiger partial charge in [-0.25, -0.2) is 8.42 Å². The maximum Gasteiger partial charge on any atom is 0.264 e. The Bertz CT molecular complexity index is 1660. The van der Waals surface area contributed by atoms with Crippen molar-refractivity contribution in [2.24, 2.45) is 0 Å². The van der Waals surface area contributed by atoms with Crippen LogP contribution in [0.1, 0.15) is 35.6 Å². The number of carbonyl (C=O) groups excluding carboxylic acids is 2. The minimum Gasteiger partial charge on any atom is -0.354 e. The van der Waals surface area contributed by atoms with Crippen LogP contribution in [0.5, 0.6) is 0 Å². The molecule has 0 saturated heterocycles. The summed E-state index contributed by atoms with van der Waals surface area (Å²) in [5.41, 5.74) is 3.59. The molecule has 44 heavy (non-hydrogen) atoms. The second-order valence-electron chi connectivity index (χ2n) is 10.8. The van der Waals surface area contributed by atoms with Gasteiger partial charge in [0.2, 0.25) is 11.8 Å². The molecule has 230 valence electrons. The zero-order chi connectivity index (χ0) is 31.7. The molecule has 0 heterocycles. The largest absolute Gasteiger partial charge is 0.354 e. The molecule has 0 saturated carbocycles. The number of halogens is 1. The molecule has 0 fully saturated rings. The highest BCUT2D eigenvalue weighted by Gasteiger charge is 2.35. The van der Waals surface area contributed by atoms with Gasteiger partial charge in [-0.15, -0.1) is 0 Å². The lowest BCUT2D eigenvalue weighted by Gasteiger charge is -2.34. The van der Waals surface area contributed by atoms with Gasteiger partial charge in [0.25, 0.3) is 10.0 Å². The summed E-state index contributed by atoms with van der Waals surface area (Å²) in [5.74, 6) is -0.851. The highest BCUT2D eigenvalue weighted by Crippen LogP contribution is 2.27. The van der Waals surface area contributed by atoms with Crippen LogP contribution in [0.2, 0.25) is 5.02 Å². The molecule has 0 aliphatic rings. The molecule has 0 radical (unpaired) electrons. The van der Waals surface area contributed by atoms with Gasteiger partial charge in [-0.2, -0.15) is 0 Å². The van der Waals surface area contributed by atoms with Crippen molar-refractivity contribution in [3.05, 3.63) is 130 Å². The number of amides is 2. The van der Waals surface area contributed by atoms with E-state index < -0.39 is 28.5 Å². The first-order valence-electron chi connectivity index (χ1n) is 14.6. The molecule has 4 rings (SSSR count). The average Bonchev–Trinajstić information content (AvgIpc) is 3.01. The molecule has 0 aromatic heterocycles. The lowest BCUT2D eigenvalue weighted by molar-refractivity contribution is -0.140. The van der Waals surface area contributed by atoms with Crippen molar-refractivity contribution in [3.8, 4) is 0 Å². The average molecular weight is 632 g/mol. The monoisotopic (exact) mass is 631 g/mol. The minimum absolute atomic E-state index is 0.0155. The lowest BCUT2D eigenvalue weighted by Crippen LogP contribution is -2.53. The van der Waals surface area contributed by atoms with E-state index in [9.17, 15) is 18.0 Å². The maximum atomic E-state index is 14.5. The fourth-order valence-electron chi connectivity index (χ4n) is 5.07. The van der Waals surface area contributed by atoms with Gasteiger partial charge in [-0.05, 0) is 72.9 Å². The van der Waals surface area contributed by atoms with E-state index in [1.807, 2.05) is 63.2 Å². The second kappa shape index (κ2) is 15.0. The van der Waals surface area contributed by atoms with Gasteiger partial charge in [0.15, 0.2) is 0 Å². The fraction of sp³-hybridized carbons (Fsp3) is 0.257. The molecule has 7 nitrogen and oxygen atoms in total. The zero-order valence-corrected chi connectivity index (χ0v) is 26.8. The summed E-state index contributed by atoms with van der Waals surface area (Å²) in [5, 5.41) is 3.39. The Hall–Kier alpha value is -4.14. The number of sulfonamides is 1. The Labute approximate surface area is 265 Å². The first-order valence-corrected chi connectivity index (χ1v) is 16.4. The number of nitrogens with one attached hydrogen (secondary N) is 1. The Morgan fingerprint density at radius 1 is 0.841 bits per heavy atom. The van der Waals surface area contributed by atoms with Crippen LogP contribution >= 0.6 is 11.6 Å². The van der Waals surface area contributed by atoms with Gasteiger partial charge in [0.1, 0.15) is 12.6 Å². The SMILES string of the molecule is CCCNC(=O)[C@H](Cc1ccccc1)N(Cc1ccccc1Cl)C(=O)CN(c1cc(C)cc(C)c1)S(=O)(=O)c1ccccc1. The van der Waals surface area contributed by atoms with E-state index >= 15 is 0 Å². The van der Waals surface area contributed by atoms with Crippen molar-refractivity contribution in [1.29, 1.82) is 0 Å². The van der Waals surface area contributed by atoms with E-state index in [-0.39, 0.29) is 23.8 Å². The first-order chi connectivity index (χ1) is 21.1. The molecule has 4 aromatic carbocycles. The number of carbonyl (C=O) groups is 2. The highest BCUT2D eigenvalue weighted by atomic mass is 35.5. The maximum absolute atomic E-state index is 14.5. The Morgan fingerprint density at radius 3 is 2.05 bits per heavy atom.